The van der Waals surface area contributed by atoms with Crippen molar-refractivity contribution in [2.75, 3.05) is 13.2 Å². The molecule has 0 aliphatic carbocycles. The van der Waals surface area contributed by atoms with E-state index >= 15 is 0 Å². The Morgan fingerprint density at radius 1 is 1.21 bits per heavy atom. The van der Waals surface area contributed by atoms with Gasteiger partial charge in [-0.1, -0.05) is 18.3 Å². The van der Waals surface area contributed by atoms with Crippen LogP contribution in [0.25, 0.3) is 0 Å². The van der Waals surface area contributed by atoms with Crippen LogP contribution in [0.15, 0.2) is 24.3 Å². The Balaban J connectivity index is 2.44. The molecular formula is C16H20O3. The molecule has 3 nitrogen and oxygen atoms in total. The molecule has 0 radical (unpaired) electrons. The molecule has 0 saturated carbocycles. The third-order valence-corrected chi connectivity index (χ3v) is 2.59. The summed E-state index contributed by atoms with van der Waals surface area (Å²) in [6, 6.07) is 7.11. The molecule has 0 aliphatic rings. The van der Waals surface area contributed by atoms with Crippen molar-refractivity contribution in [1.82, 2.24) is 0 Å². The monoisotopic (exact) mass is 260 g/mol. The lowest BCUT2D eigenvalue weighted by Gasteiger charge is -2.00. The van der Waals surface area contributed by atoms with Crippen LogP contribution in [0, 0.1) is 11.8 Å². The van der Waals surface area contributed by atoms with Crippen LogP contribution in [0.2, 0.25) is 0 Å². The van der Waals surface area contributed by atoms with Crippen molar-refractivity contribution in [1.29, 1.82) is 0 Å². The summed E-state index contributed by atoms with van der Waals surface area (Å²) in [6.45, 7) is 2.42. The second-order valence-corrected chi connectivity index (χ2v) is 4.13. The quantitative estimate of drug-likeness (QED) is 0.486. The molecule has 1 rings (SSSR count). The van der Waals surface area contributed by atoms with Gasteiger partial charge in [-0.05, 0) is 44.0 Å². The first kappa shape index (κ1) is 15.3. The van der Waals surface area contributed by atoms with Gasteiger partial charge >= 0.3 is 5.97 Å². The minimum atomic E-state index is -0.300. The number of esters is 1. The Kier molecular flexibility index (Phi) is 7.38. The number of hydrogen-bond acceptors (Lipinski definition) is 3. The summed E-state index contributed by atoms with van der Waals surface area (Å²) in [5.74, 6) is 5.84. The van der Waals surface area contributed by atoms with Crippen LogP contribution in [0.5, 0.6) is 0 Å². The first-order valence-corrected chi connectivity index (χ1v) is 6.65. The van der Waals surface area contributed by atoms with Gasteiger partial charge in [-0.3, -0.25) is 0 Å². The molecule has 0 amide bonds. The summed E-state index contributed by atoms with van der Waals surface area (Å²) in [5, 5.41) is 8.64. The third-order valence-electron chi connectivity index (χ3n) is 2.59. The van der Waals surface area contributed by atoms with Gasteiger partial charge < -0.3 is 9.84 Å². The third kappa shape index (κ3) is 6.08. The summed E-state index contributed by atoms with van der Waals surface area (Å²) < 4.78 is 4.91. The second kappa shape index (κ2) is 9.18. The van der Waals surface area contributed by atoms with E-state index in [2.05, 4.69) is 11.8 Å². The van der Waals surface area contributed by atoms with E-state index in [9.17, 15) is 4.79 Å². The molecule has 0 heterocycles. The lowest BCUT2D eigenvalue weighted by Crippen LogP contribution is -2.04. The molecule has 102 valence electrons. The highest BCUT2D eigenvalue weighted by molar-refractivity contribution is 5.89. The summed E-state index contributed by atoms with van der Waals surface area (Å²) in [4.78, 5) is 11.4. The van der Waals surface area contributed by atoms with Crippen LogP contribution in [0.4, 0.5) is 0 Å². The largest absolute Gasteiger partial charge is 0.462 e. The Hall–Kier alpha value is -1.79. The van der Waals surface area contributed by atoms with Crippen LogP contribution in [-0.4, -0.2) is 24.3 Å². The standard InChI is InChI=1S/C16H20O3/c1-2-19-16(18)15-11-9-14(10-12-15)8-6-4-3-5-7-13-17/h9-12,17H,2-5,7,13H2,1H3. The second-order valence-electron chi connectivity index (χ2n) is 4.13. The van der Waals surface area contributed by atoms with Crippen LogP contribution in [-0.2, 0) is 4.74 Å². The zero-order valence-corrected chi connectivity index (χ0v) is 11.3. The number of unbranched alkanes of at least 4 members (excludes halogenated alkanes) is 3. The molecule has 0 aromatic heterocycles. The lowest BCUT2D eigenvalue weighted by molar-refractivity contribution is 0.0526. The Labute approximate surface area is 114 Å². The number of rotatable bonds is 6. The van der Waals surface area contributed by atoms with Crippen molar-refractivity contribution in [2.24, 2.45) is 0 Å². The predicted octanol–water partition coefficient (Wildman–Crippen LogP) is 2.77. The van der Waals surface area contributed by atoms with Gasteiger partial charge in [0.15, 0.2) is 0 Å². The van der Waals surface area contributed by atoms with Crippen LogP contribution in [0.3, 0.4) is 0 Å². The summed E-state index contributed by atoms with van der Waals surface area (Å²) in [7, 11) is 0. The molecule has 19 heavy (non-hydrogen) atoms. The molecule has 0 unspecified atom stereocenters. The minimum absolute atomic E-state index is 0.253. The van der Waals surface area contributed by atoms with E-state index in [0.717, 1.165) is 31.2 Å². The Morgan fingerprint density at radius 2 is 1.95 bits per heavy atom. The topological polar surface area (TPSA) is 46.5 Å². The van der Waals surface area contributed by atoms with Crippen molar-refractivity contribution in [2.45, 2.75) is 32.6 Å². The van der Waals surface area contributed by atoms with E-state index in [-0.39, 0.29) is 12.6 Å². The van der Waals surface area contributed by atoms with Gasteiger partial charge in [0.1, 0.15) is 0 Å². The molecule has 3 heteroatoms. The summed E-state index contributed by atoms with van der Waals surface area (Å²) in [6.07, 6.45) is 3.69. The van der Waals surface area contributed by atoms with E-state index in [0.29, 0.717) is 12.2 Å². The van der Waals surface area contributed by atoms with Gasteiger partial charge in [-0.2, -0.15) is 0 Å². The van der Waals surface area contributed by atoms with Crippen molar-refractivity contribution in [3.05, 3.63) is 35.4 Å². The number of carbonyl (C=O) groups is 1. The van der Waals surface area contributed by atoms with E-state index in [1.54, 1.807) is 19.1 Å². The first-order chi connectivity index (χ1) is 9.27. The summed E-state index contributed by atoms with van der Waals surface area (Å²) >= 11 is 0. The van der Waals surface area contributed by atoms with Crippen molar-refractivity contribution < 1.29 is 14.6 Å². The van der Waals surface area contributed by atoms with Crippen molar-refractivity contribution in [3.8, 4) is 11.8 Å². The molecular weight excluding hydrogens is 240 g/mol. The number of aliphatic hydroxyl groups excluding tert-OH is 1. The van der Waals surface area contributed by atoms with Gasteiger partial charge in [0.25, 0.3) is 0 Å². The number of benzene rings is 1. The lowest BCUT2D eigenvalue weighted by atomic mass is 10.1. The number of hydrogen-bond donors (Lipinski definition) is 1. The fourth-order valence-electron chi connectivity index (χ4n) is 1.57. The van der Waals surface area contributed by atoms with Gasteiger partial charge in [-0.15, -0.1) is 0 Å². The number of ether oxygens (including phenoxy) is 1. The molecule has 1 aromatic carbocycles. The van der Waals surface area contributed by atoms with Gasteiger partial charge in [0, 0.05) is 18.6 Å². The van der Waals surface area contributed by atoms with E-state index in [1.807, 2.05) is 12.1 Å². The molecule has 0 fully saturated rings. The van der Waals surface area contributed by atoms with E-state index in [1.165, 1.54) is 0 Å². The van der Waals surface area contributed by atoms with E-state index in [4.69, 9.17) is 9.84 Å². The Bertz CT molecular complexity index is 437. The maximum Gasteiger partial charge on any atom is 0.338 e. The first-order valence-electron chi connectivity index (χ1n) is 6.65. The minimum Gasteiger partial charge on any atom is -0.462 e. The highest BCUT2D eigenvalue weighted by Gasteiger charge is 2.04. The van der Waals surface area contributed by atoms with Crippen molar-refractivity contribution in [3.63, 3.8) is 0 Å². The van der Waals surface area contributed by atoms with Crippen LogP contribution in [0.1, 0.15) is 48.5 Å². The van der Waals surface area contributed by atoms with E-state index < -0.39 is 0 Å². The SMILES string of the molecule is CCOC(=O)c1ccc(C#CCCCCCO)cc1. The molecule has 1 aromatic rings. The molecule has 0 aliphatic heterocycles. The normalized spacial score (nSPS) is 9.58. The van der Waals surface area contributed by atoms with Gasteiger partial charge in [0.2, 0.25) is 0 Å². The number of carbonyl (C=O) groups excluding carboxylic acids is 1. The fourth-order valence-corrected chi connectivity index (χ4v) is 1.57. The Morgan fingerprint density at radius 3 is 2.58 bits per heavy atom. The maximum atomic E-state index is 11.4. The number of aliphatic hydroxyl groups is 1. The van der Waals surface area contributed by atoms with Gasteiger partial charge in [-0.25, -0.2) is 4.79 Å². The maximum absolute atomic E-state index is 11.4. The van der Waals surface area contributed by atoms with Crippen molar-refractivity contribution >= 4 is 5.97 Å². The molecule has 0 atom stereocenters. The highest BCUT2D eigenvalue weighted by atomic mass is 16.5. The zero-order valence-electron chi connectivity index (χ0n) is 11.3. The molecule has 0 saturated heterocycles. The summed E-state index contributed by atoms with van der Waals surface area (Å²) in [5.41, 5.74) is 1.45. The van der Waals surface area contributed by atoms with Gasteiger partial charge in [0.05, 0.1) is 12.2 Å². The smallest absolute Gasteiger partial charge is 0.338 e. The predicted molar refractivity (Wildman–Crippen MR) is 74.8 cm³/mol. The van der Waals surface area contributed by atoms with Crippen LogP contribution >= 0.6 is 0 Å². The zero-order chi connectivity index (χ0) is 13.9. The molecule has 0 bridgehead atoms. The highest BCUT2D eigenvalue weighted by Crippen LogP contribution is 2.05. The average molecular weight is 260 g/mol. The molecule has 1 N–H and O–H groups in total. The molecule has 0 spiro atoms. The fraction of sp³-hybridized carbons (Fsp3) is 0.438. The van der Waals surface area contributed by atoms with Crippen LogP contribution < -0.4 is 0 Å². The average Bonchev–Trinajstić information content (AvgIpc) is 2.43.